The van der Waals surface area contributed by atoms with Crippen LogP contribution in [0, 0.1) is 5.92 Å². The smallest absolute Gasteiger partial charge is 0.231 e. The van der Waals surface area contributed by atoms with Crippen LogP contribution in [0.2, 0.25) is 5.02 Å². The van der Waals surface area contributed by atoms with Crippen molar-refractivity contribution in [3.05, 3.63) is 82.1 Å². The Morgan fingerprint density at radius 3 is 2.52 bits per heavy atom. The number of thioether (sulfide) groups is 1. The molecule has 0 radical (unpaired) electrons. The van der Waals surface area contributed by atoms with Crippen molar-refractivity contribution in [2.24, 2.45) is 5.92 Å². The number of carbonyl (C=O) groups is 4. The van der Waals surface area contributed by atoms with Crippen molar-refractivity contribution in [2.75, 3.05) is 32.3 Å². The van der Waals surface area contributed by atoms with E-state index in [0.29, 0.717) is 10.7 Å². The highest BCUT2D eigenvalue weighted by Crippen LogP contribution is 2.55. The van der Waals surface area contributed by atoms with Crippen LogP contribution in [-0.2, 0) is 14.4 Å². The molecule has 1 aliphatic carbocycles. The monoisotopic (exact) mass is 735 g/mol. The molecule has 2 aliphatic rings. The minimum atomic E-state index is -2.00. The third-order valence-electron chi connectivity index (χ3n) is 8.98. The molecular weight excluding hydrogens is 702 g/mol. The second-order valence-corrected chi connectivity index (χ2v) is 14.2. The minimum Gasteiger partial charge on any atom is -0.507 e. The lowest BCUT2D eigenvalue weighted by atomic mass is 9.69. The Morgan fingerprint density at radius 1 is 1.12 bits per heavy atom. The van der Waals surface area contributed by atoms with E-state index in [2.05, 4.69) is 15.6 Å². The van der Waals surface area contributed by atoms with Crippen LogP contribution in [0.15, 0.2) is 70.8 Å². The molecule has 14 heteroatoms. The zero-order valence-corrected chi connectivity index (χ0v) is 30.0. The van der Waals surface area contributed by atoms with E-state index >= 15 is 0 Å². The van der Waals surface area contributed by atoms with Gasteiger partial charge in [-0.1, -0.05) is 54.1 Å². The number of nitrogens with zero attached hydrogens (tertiary/aromatic N) is 1. The molecule has 11 nitrogen and oxygen atoms in total. The molecule has 260 valence electrons. The van der Waals surface area contributed by atoms with Gasteiger partial charge in [-0.05, 0) is 36.1 Å². The molecule has 3 aromatic carbocycles. The molecule has 0 fully saturated rings. The summed E-state index contributed by atoms with van der Waals surface area (Å²) in [6, 6.07) is 16.3. The Labute approximate surface area is 301 Å². The molecule has 2 amide bonds. The second-order valence-electron chi connectivity index (χ2n) is 11.9. The van der Waals surface area contributed by atoms with Crippen LogP contribution < -0.4 is 24.8 Å². The van der Waals surface area contributed by atoms with Gasteiger partial charge in [-0.3, -0.25) is 19.2 Å². The Morgan fingerprint density at radius 2 is 1.84 bits per heavy atom. The molecule has 0 saturated heterocycles. The minimum absolute atomic E-state index is 0.0164. The molecule has 3 atom stereocenters. The number of ketones is 2. The topological polar surface area (TPSA) is 153 Å². The zero-order valence-electron chi connectivity index (χ0n) is 27.6. The molecule has 0 saturated carbocycles. The van der Waals surface area contributed by atoms with Gasteiger partial charge in [0.1, 0.15) is 22.1 Å². The highest BCUT2D eigenvalue weighted by atomic mass is 35.5. The first-order chi connectivity index (χ1) is 24.0. The van der Waals surface area contributed by atoms with E-state index in [4.69, 9.17) is 25.8 Å². The van der Waals surface area contributed by atoms with Gasteiger partial charge in [-0.15, -0.1) is 11.8 Å². The van der Waals surface area contributed by atoms with Crippen molar-refractivity contribution in [1.29, 1.82) is 0 Å². The number of fused-ring (bicyclic) bond motifs is 2. The first-order valence-electron chi connectivity index (χ1n) is 15.7. The summed E-state index contributed by atoms with van der Waals surface area (Å²) in [6.45, 7) is 1.66. The van der Waals surface area contributed by atoms with Crippen molar-refractivity contribution < 1.29 is 38.5 Å². The summed E-state index contributed by atoms with van der Waals surface area (Å²) in [5, 5.41) is 18.1. The number of anilines is 1. The number of nitrogens with one attached hydrogen (secondary N) is 2. The number of Topliss-reactive ketones (excluding diaryl/α,β-unsaturated/α-hetero) is 2. The van der Waals surface area contributed by atoms with Crippen molar-refractivity contribution in [1.82, 2.24) is 10.3 Å². The summed E-state index contributed by atoms with van der Waals surface area (Å²) in [4.78, 5) is 59.6. The van der Waals surface area contributed by atoms with Gasteiger partial charge in [-0.2, -0.15) is 0 Å². The number of benzene rings is 3. The number of aliphatic hydroxyl groups is 1. The van der Waals surface area contributed by atoms with Gasteiger partial charge in [0, 0.05) is 54.2 Å². The molecular formula is C36H34ClN3O8S2. The summed E-state index contributed by atoms with van der Waals surface area (Å²) in [5.41, 5.74) is -0.729. The van der Waals surface area contributed by atoms with E-state index in [9.17, 15) is 24.3 Å². The fraction of sp³-hybridized carbons (Fsp3) is 0.306. The van der Waals surface area contributed by atoms with E-state index in [1.165, 1.54) is 43.4 Å². The number of halogens is 1. The van der Waals surface area contributed by atoms with Crippen LogP contribution in [0.3, 0.4) is 0 Å². The number of amides is 2. The summed E-state index contributed by atoms with van der Waals surface area (Å²) in [7, 11) is 2.79. The van der Waals surface area contributed by atoms with Crippen LogP contribution in [0.25, 0.3) is 10.2 Å². The van der Waals surface area contributed by atoms with E-state index in [1.807, 2.05) is 42.7 Å². The molecule has 0 bridgehead atoms. The van der Waals surface area contributed by atoms with Crippen molar-refractivity contribution in [2.45, 2.75) is 42.6 Å². The second kappa shape index (κ2) is 14.3. The third-order valence-corrected chi connectivity index (χ3v) is 11.0. The van der Waals surface area contributed by atoms with Crippen LogP contribution in [0.4, 0.5) is 5.13 Å². The van der Waals surface area contributed by atoms with Gasteiger partial charge >= 0.3 is 0 Å². The zero-order chi connectivity index (χ0) is 35.7. The standard InChI is InChI=1S/C36H34ClN3O8S2/c1-18-15-23(41)29(33(44)36(18)34(45)30-24(46-2)17-25(47-3)31(37)32(30)48-36)21(19-9-11-20(49-4)12-10-19)16-28(43)38-14-13-27(42)40-35-39-22-7-5-6-8-26(22)50-35/h5-12,17-18,21,44H,13-16H2,1-4H3,(H,38,43)(H,39,40,42). The third kappa shape index (κ3) is 6.29. The maximum Gasteiger partial charge on any atom is 0.231 e. The lowest BCUT2D eigenvalue weighted by Gasteiger charge is -2.38. The highest BCUT2D eigenvalue weighted by Gasteiger charge is 2.61. The first-order valence-corrected chi connectivity index (χ1v) is 18.1. The number of allylic oxidation sites excluding steroid dienone is 1. The average molecular weight is 736 g/mol. The predicted molar refractivity (Wildman–Crippen MR) is 192 cm³/mol. The largest absolute Gasteiger partial charge is 0.507 e. The van der Waals surface area contributed by atoms with Crippen LogP contribution in [-0.4, -0.2) is 66.1 Å². The normalized spacial score (nSPS) is 18.9. The summed E-state index contributed by atoms with van der Waals surface area (Å²) >= 11 is 9.47. The van der Waals surface area contributed by atoms with Crippen LogP contribution in [0.1, 0.15) is 48.0 Å². The van der Waals surface area contributed by atoms with Gasteiger partial charge in [0.05, 0.1) is 24.4 Å². The van der Waals surface area contributed by atoms with Gasteiger partial charge in [0.2, 0.25) is 23.2 Å². The molecule has 1 spiro atoms. The van der Waals surface area contributed by atoms with Crippen molar-refractivity contribution >= 4 is 73.4 Å². The number of para-hydroxylation sites is 1. The number of aliphatic hydroxyl groups excluding tert-OH is 1. The molecule has 1 aliphatic heterocycles. The number of methoxy groups -OCH3 is 2. The highest BCUT2D eigenvalue weighted by molar-refractivity contribution is 7.98. The number of carbonyl (C=O) groups excluding carboxylic acids is 4. The SMILES string of the molecule is COc1cc(OC)c2c(c1Cl)OC1(C2=O)C(O)=C(C(CC(=O)NCCC(=O)Nc2nc3ccccc3s2)c2ccc(SC)cc2)C(=O)CC1C. The molecule has 1 aromatic heterocycles. The fourth-order valence-corrected chi connectivity index (χ4v) is 8.00. The Balaban J connectivity index is 1.28. The number of hydrogen-bond donors (Lipinski definition) is 3. The molecule has 3 unspecified atom stereocenters. The lowest BCUT2D eigenvalue weighted by molar-refractivity contribution is -0.121. The Bertz CT molecular complexity index is 2010. The van der Waals surface area contributed by atoms with Crippen molar-refractivity contribution in [3.63, 3.8) is 0 Å². The Kier molecular flexibility index (Phi) is 10.1. The summed E-state index contributed by atoms with van der Waals surface area (Å²) in [5.74, 6) is -3.86. The van der Waals surface area contributed by atoms with Crippen molar-refractivity contribution in [3.8, 4) is 17.2 Å². The lowest BCUT2D eigenvalue weighted by Crippen LogP contribution is -2.53. The summed E-state index contributed by atoms with van der Waals surface area (Å²) in [6.07, 6.45) is 1.50. The predicted octanol–water partition coefficient (Wildman–Crippen LogP) is 6.74. The fourth-order valence-electron chi connectivity index (χ4n) is 6.44. The van der Waals surface area contributed by atoms with Crippen LogP contribution in [0.5, 0.6) is 17.2 Å². The average Bonchev–Trinajstić information content (AvgIpc) is 3.66. The van der Waals surface area contributed by atoms with Gasteiger partial charge in [-0.25, -0.2) is 4.98 Å². The molecule has 2 heterocycles. The number of rotatable bonds is 11. The quantitative estimate of drug-likeness (QED) is 0.141. The number of thiazole rings is 1. The Hall–Kier alpha value is -4.59. The number of hydrogen-bond acceptors (Lipinski definition) is 11. The molecule has 4 aromatic rings. The van der Waals surface area contributed by atoms with E-state index in [1.54, 1.807) is 19.1 Å². The van der Waals surface area contributed by atoms with Crippen LogP contribution >= 0.6 is 34.7 Å². The maximum atomic E-state index is 14.3. The maximum absolute atomic E-state index is 14.3. The van der Waals surface area contributed by atoms with E-state index < -0.39 is 40.7 Å². The van der Waals surface area contributed by atoms with Gasteiger partial charge in [0.25, 0.3) is 0 Å². The van der Waals surface area contributed by atoms with Gasteiger partial charge < -0.3 is 30.0 Å². The van der Waals surface area contributed by atoms with E-state index in [0.717, 1.165) is 15.1 Å². The van der Waals surface area contributed by atoms with Gasteiger partial charge in [0.15, 0.2) is 22.4 Å². The van der Waals surface area contributed by atoms with E-state index in [-0.39, 0.29) is 65.1 Å². The molecule has 3 N–H and O–H groups in total. The summed E-state index contributed by atoms with van der Waals surface area (Å²) < 4.78 is 18.1. The molecule has 50 heavy (non-hydrogen) atoms. The number of ether oxygens (including phenoxy) is 3. The first kappa shape index (κ1) is 35.2. The number of aromatic nitrogens is 1. The molecule has 6 rings (SSSR count).